The molecule has 7 nitrogen and oxygen atoms in total. The molecule has 0 saturated heterocycles. The van der Waals surface area contributed by atoms with E-state index >= 15 is 0 Å². The molecule has 9 heteroatoms. The molecule has 22 heavy (non-hydrogen) atoms. The zero-order valence-corrected chi connectivity index (χ0v) is 13.8. The number of carboxylic acids is 1. The van der Waals surface area contributed by atoms with Crippen molar-refractivity contribution >= 4 is 27.6 Å². The van der Waals surface area contributed by atoms with Crippen molar-refractivity contribution in [2.75, 3.05) is 20.3 Å². The van der Waals surface area contributed by atoms with Crippen LogP contribution in [0.2, 0.25) is 5.02 Å². The second-order valence-electron chi connectivity index (χ2n) is 4.47. The molecule has 0 aliphatic rings. The van der Waals surface area contributed by atoms with Crippen LogP contribution in [0.15, 0.2) is 23.1 Å². The van der Waals surface area contributed by atoms with Crippen LogP contribution in [0.3, 0.4) is 0 Å². The number of hydrogen-bond acceptors (Lipinski definition) is 5. The van der Waals surface area contributed by atoms with E-state index in [2.05, 4.69) is 4.72 Å². The predicted molar refractivity (Wildman–Crippen MR) is 80.9 cm³/mol. The van der Waals surface area contributed by atoms with Gasteiger partial charge >= 0.3 is 5.97 Å². The van der Waals surface area contributed by atoms with Crippen LogP contribution in [0, 0.1) is 0 Å². The SMILES string of the molecule is COCCCOc1ccc(Cl)cc1S(=O)(=O)NC(C)C(=O)O. The Kier molecular flexibility index (Phi) is 7.08. The number of methoxy groups -OCH3 is 1. The summed E-state index contributed by atoms with van der Waals surface area (Å²) in [5, 5.41) is 9.02. The Morgan fingerprint density at radius 2 is 2.09 bits per heavy atom. The van der Waals surface area contributed by atoms with Crippen molar-refractivity contribution in [1.29, 1.82) is 0 Å². The summed E-state index contributed by atoms with van der Waals surface area (Å²) in [5.74, 6) is -1.18. The van der Waals surface area contributed by atoms with E-state index < -0.39 is 22.0 Å². The van der Waals surface area contributed by atoms with Crippen molar-refractivity contribution in [3.05, 3.63) is 23.2 Å². The van der Waals surface area contributed by atoms with Crippen LogP contribution in [0.25, 0.3) is 0 Å². The standard InChI is InChI=1S/C13H18ClNO6S/c1-9(13(16)17)15-22(18,19)12-8-10(14)4-5-11(12)21-7-3-6-20-2/h4-5,8-9,15H,3,6-7H2,1-2H3,(H,16,17). The summed E-state index contributed by atoms with van der Waals surface area (Å²) in [6.07, 6.45) is 0.581. The van der Waals surface area contributed by atoms with E-state index in [1.54, 1.807) is 7.11 Å². The fraction of sp³-hybridized carbons (Fsp3) is 0.462. The van der Waals surface area contributed by atoms with Crippen molar-refractivity contribution < 1.29 is 27.8 Å². The molecular formula is C13H18ClNO6S. The van der Waals surface area contributed by atoms with Gasteiger partial charge in [-0.1, -0.05) is 11.6 Å². The van der Waals surface area contributed by atoms with Gasteiger partial charge in [0.15, 0.2) is 0 Å². The van der Waals surface area contributed by atoms with Crippen molar-refractivity contribution in [2.45, 2.75) is 24.3 Å². The lowest BCUT2D eigenvalue weighted by atomic mass is 10.3. The molecular weight excluding hydrogens is 334 g/mol. The van der Waals surface area contributed by atoms with Gasteiger partial charge in [-0.25, -0.2) is 8.42 Å². The summed E-state index contributed by atoms with van der Waals surface area (Å²) in [5.41, 5.74) is 0. The van der Waals surface area contributed by atoms with Crippen LogP contribution in [0.4, 0.5) is 0 Å². The zero-order valence-electron chi connectivity index (χ0n) is 12.2. The molecule has 0 saturated carbocycles. The highest BCUT2D eigenvalue weighted by atomic mass is 35.5. The molecule has 0 amide bonds. The largest absolute Gasteiger partial charge is 0.492 e. The number of carboxylic acid groups (broad SMARTS) is 1. The minimum Gasteiger partial charge on any atom is -0.492 e. The number of sulfonamides is 1. The normalized spacial score (nSPS) is 12.9. The van der Waals surface area contributed by atoms with Crippen LogP contribution in [0.5, 0.6) is 5.75 Å². The Balaban J connectivity index is 3.00. The Hall–Kier alpha value is -1.35. The van der Waals surface area contributed by atoms with Gasteiger partial charge < -0.3 is 14.6 Å². The first kappa shape index (κ1) is 18.7. The fourth-order valence-corrected chi connectivity index (χ4v) is 3.15. The minimum atomic E-state index is -4.07. The summed E-state index contributed by atoms with van der Waals surface area (Å²) in [6.45, 7) is 1.96. The average Bonchev–Trinajstić information content (AvgIpc) is 2.44. The smallest absolute Gasteiger partial charge is 0.321 e. The average molecular weight is 352 g/mol. The summed E-state index contributed by atoms with van der Waals surface area (Å²) < 4.78 is 36.9. The van der Waals surface area contributed by atoms with E-state index in [1.807, 2.05) is 0 Å². The maximum atomic E-state index is 12.3. The number of benzene rings is 1. The molecule has 0 radical (unpaired) electrons. The van der Waals surface area contributed by atoms with E-state index in [4.69, 9.17) is 26.2 Å². The first-order chi connectivity index (χ1) is 10.3. The molecule has 1 aromatic carbocycles. The van der Waals surface area contributed by atoms with Gasteiger partial charge in [0.1, 0.15) is 16.7 Å². The number of nitrogens with one attached hydrogen (secondary N) is 1. The Morgan fingerprint density at radius 3 is 2.68 bits per heavy atom. The van der Waals surface area contributed by atoms with Gasteiger partial charge in [-0.3, -0.25) is 4.79 Å². The predicted octanol–water partition coefficient (Wildman–Crippen LogP) is 1.51. The Labute approximate surface area is 134 Å². The molecule has 1 unspecified atom stereocenters. The maximum Gasteiger partial charge on any atom is 0.321 e. The molecule has 0 spiro atoms. The van der Waals surface area contributed by atoms with Crippen LogP contribution >= 0.6 is 11.6 Å². The van der Waals surface area contributed by atoms with E-state index in [9.17, 15) is 13.2 Å². The minimum absolute atomic E-state index is 0.102. The highest BCUT2D eigenvalue weighted by molar-refractivity contribution is 7.89. The highest BCUT2D eigenvalue weighted by Gasteiger charge is 2.25. The lowest BCUT2D eigenvalue weighted by Gasteiger charge is -2.14. The van der Waals surface area contributed by atoms with Crippen LogP contribution < -0.4 is 9.46 Å². The number of rotatable bonds is 9. The summed E-state index contributed by atoms with van der Waals surface area (Å²) in [7, 11) is -2.52. The monoisotopic (exact) mass is 351 g/mol. The molecule has 1 atom stereocenters. The van der Waals surface area contributed by atoms with E-state index in [1.165, 1.54) is 25.1 Å². The quantitative estimate of drug-likeness (QED) is 0.654. The van der Waals surface area contributed by atoms with E-state index in [-0.39, 0.29) is 22.3 Å². The molecule has 1 aromatic rings. The fourth-order valence-electron chi connectivity index (χ4n) is 1.54. The highest BCUT2D eigenvalue weighted by Crippen LogP contribution is 2.27. The van der Waals surface area contributed by atoms with Crippen LogP contribution in [0.1, 0.15) is 13.3 Å². The first-order valence-electron chi connectivity index (χ1n) is 6.44. The molecule has 0 aromatic heterocycles. The molecule has 0 aliphatic heterocycles. The third kappa shape index (κ3) is 5.45. The summed E-state index contributed by atoms with van der Waals surface area (Å²) >= 11 is 5.82. The first-order valence-corrected chi connectivity index (χ1v) is 8.30. The Bertz CT molecular complexity index is 619. The van der Waals surface area contributed by atoms with Gasteiger partial charge in [-0.2, -0.15) is 4.72 Å². The number of halogens is 1. The number of aliphatic carboxylic acids is 1. The summed E-state index contributed by atoms with van der Waals surface area (Å²) in [6, 6.07) is 2.86. The molecule has 124 valence electrons. The number of carbonyl (C=O) groups is 1. The van der Waals surface area contributed by atoms with Gasteiger partial charge in [0.2, 0.25) is 10.0 Å². The van der Waals surface area contributed by atoms with Gasteiger partial charge in [0.05, 0.1) is 6.61 Å². The van der Waals surface area contributed by atoms with Gasteiger partial charge in [0, 0.05) is 25.2 Å². The second kappa shape index (κ2) is 8.33. The van der Waals surface area contributed by atoms with E-state index in [0.717, 1.165) is 0 Å². The lowest BCUT2D eigenvalue weighted by Crippen LogP contribution is -2.38. The van der Waals surface area contributed by atoms with Gasteiger partial charge in [0.25, 0.3) is 0 Å². The third-order valence-corrected chi connectivity index (χ3v) is 4.45. The van der Waals surface area contributed by atoms with E-state index in [0.29, 0.717) is 13.0 Å². The summed E-state index contributed by atoms with van der Waals surface area (Å²) in [4.78, 5) is 10.6. The van der Waals surface area contributed by atoms with Gasteiger partial charge in [-0.05, 0) is 25.1 Å². The molecule has 0 heterocycles. The van der Waals surface area contributed by atoms with Crippen molar-refractivity contribution in [3.63, 3.8) is 0 Å². The number of ether oxygens (including phenoxy) is 2. The van der Waals surface area contributed by atoms with Crippen molar-refractivity contribution in [2.24, 2.45) is 0 Å². The molecule has 0 bridgehead atoms. The number of hydrogen-bond donors (Lipinski definition) is 2. The molecule has 0 fully saturated rings. The van der Waals surface area contributed by atoms with Crippen molar-refractivity contribution in [3.8, 4) is 5.75 Å². The zero-order chi connectivity index (χ0) is 16.8. The van der Waals surface area contributed by atoms with Crippen LogP contribution in [-0.4, -0.2) is 45.9 Å². The third-order valence-electron chi connectivity index (χ3n) is 2.65. The Morgan fingerprint density at radius 1 is 1.41 bits per heavy atom. The van der Waals surface area contributed by atoms with Crippen LogP contribution in [-0.2, 0) is 19.6 Å². The second-order valence-corrected chi connectivity index (χ2v) is 6.59. The molecule has 1 rings (SSSR count). The topological polar surface area (TPSA) is 102 Å². The lowest BCUT2D eigenvalue weighted by molar-refractivity contribution is -0.138. The molecule has 0 aliphatic carbocycles. The maximum absolute atomic E-state index is 12.3. The van der Waals surface area contributed by atoms with Crippen molar-refractivity contribution in [1.82, 2.24) is 4.72 Å². The molecule has 2 N–H and O–H groups in total. The van der Waals surface area contributed by atoms with Gasteiger partial charge in [-0.15, -0.1) is 0 Å².